The Kier molecular flexibility index (Phi) is 2.88. The molecule has 92 valence electrons. The number of benzene rings is 1. The van der Waals surface area contributed by atoms with Crippen molar-refractivity contribution in [3.8, 4) is 11.4 Å². The number of nitrogens with one attached hydrogen (secondary N) is 1. The van der Waals surface area contributed by atoms with Crippen molar-refractivity contribution in [2.75, 3.05) is 0 Å². The smallest absolute Gasteiger partial charge is 0.254 e. The summed E-state index contributed by atoms with van der Waals surface area (Å²) in [6, 6.07) is 5.23. The third-order valence-corrected chi connectivity index (χ3v) is 3.77. The van der Waals surface area contributed by atoms with E-state index in [2.05, 4.69) is 9.97 Å². The van der Waals surface area contributed by atoms with Gasteiger partial charge in [0.2, 0.25) is 0 Å². The molecule has 1 aromatic carbocycles. The molecule has 1 N–H and O–H groups in total. The molecular weight excluding hydrogens is 271 g/mol. The van der Waals surface area contributed by atoms with Gasteiger partial charge in [0.1, 0.15) is 5.82 Å². The highest BCUT2D eigenvalue weighted by atomic mass is 35.5. The topological polar surface area (TPSA) is 45.8 Å². The molecule has 0 amide bonds. The number of aromatic amines is 1. The van der Waals surface area contributed by atoms with Gasteiger partial charge in [-0.05, 0) is 31.4 Å². The average molecular weight is 281 g/mol. The van der Waals surface area contributed by atoms with Gasteiger partial charge in [-0.25, -0.2) is 4.98 Å². The molecule has 18 heavy (non-hydrogen) atoms. The van der Waals surface area contributed by atoms with Crippen LogP contribution in [-0.4, -0.2) is 9.97 Å². The summed E-state index contributed by atoms with van der Waals surface area (Å²) in [5.41, 5.74) is 2.17. The lowest BCUT2D eigenvalue weighted by Crippen LogP contribution is -2.15. The number of hydrogen-bond acceptors (Lipinski definition) is 2. The number of rotatable bonds is 1. The molecule has 0 atom stereocenters. The molecule has 1 aromatic heterocycles. The van der Waals surface area contributed by atoms with Crippen LogP contribution in [0.3, 0.4) is 0 Å². The zero-order valence-electron chi connectivity index (χ0n) is 9.46. The first-order valence-corrected chi connectivity index (χ1v) is 6.49. The van der Waals surface area contributed by atoms with E-state index in [9.17, 15) is 4.79 Å². The predicted molar refractivity (Wildman–Crippen MR) is 72.3 cm³/mol. The molecule has 0 saturated heterocycles. The number of H-pyrrole nitrogens is 1. The maximum absolute atomic E-state index is 11.9. The quantitative estimate of drug-likeness (QED) is 0.872. The number of aromatic nitrogens is 2. The lowest BCUT2D eigenvalue weighted by atomic mass is 10.2. The Balaban J connectivity index is 2.25. The zero-order chi connectivity index (χ0) is 12.7. The molecule has 3 rings (SSSR count). The minimum atomic E-state index is -0.0801. The van der Waals surface area contributed by atoms with Gasteiger partial charge >= 0.3 is 0 Å². The fourth-order valence-corrected chi connectivity index (χ4v) is 2.86. The van der Waals surface area contributed by atoms with Crippen LogP contribution in [0.25, 0.3) is 11.4 Å². The van der Waals surface area contributed by atoms with Crippen LogP contribution in [0.2, 0.25) is 10.0 Å². The Morgan fingerprint density at radius 3 is 2.61 bits per heavy atom. The van der Waals surface area contributed by atoms with E-state index in [0.29, 0.717) is 21.4 Å². The third kappa shape index (κ3) is 1.84. The molecule has 0 aliphatic heterocycles. The summed E-state index contributed by atoms with van der Waals surface area (Å²) < 4.78 is 0. The van der Waals surface area contributed by atoms with E-state index in [-0.39, 0.29) is 5.56 Å². The zero-order valence-corrected chi connectivity index (χ0v) is 11.0. The highest BCUT2D eigenvalue weighted by molar-refractivity contribution is 6.38. The van der Waals surface area contributed by atoms with E-state index < -0.39 is 0 Å². The third-order valence-electron chi connectivity index (χ3n) is 3.14. The molecule has 0 fully saturated rings. The number of hydrogen-bond donors (Lipinski definition) is 1. The van der Waals surface area contributed by atoms with E-state index >= 15 is 0 Å². The fourth-order valence-electron chi connectivity index (χ4n) is 2.28. The second kappa shape index (κ2) is 4.41. The molecule has 0 bridgehead atoms. The van der Waals surface area contributed by atoms with Crippen LogP contribution in [0.1, 0.15) is 17.7 Å². The average Bonchev–Trinajstić information content (AvgIpc) is 2.77. The van der Waals surface area contributed by atoms with Crippen molar-refractivity contribution in [3.05, 3.63) is 49.9 Å². The van der Waals surface area contributed by atoms with Crippen molar-refractivity contribution in [3.63, 3.8) is 0 Å². The largest absolute Gasteiger partial charge is 0.306 e. The molecule has 1 heterocycles. The molecule has 3 nitrogen and oxygen atoms in total. The molecule has 0 saturated carbocycles. The highest BCUT2D eigenvalue weighted by Gasteiger charge is 2.19. The summed E-state index contributed by atoms with van der Waals surface area (Å²) in [7, 11) is 0. The van der Waals surface area contributed by atoms with Crippen molar-refractivity contribution in [1.82, 2.24) is 9.97 Å². The normalized spacial score (nSPS) is 13.7. The van der Waals surface area contributed by atoms with Gasteiger partial charge in [0.25, 0.3) is 5.56 Å². The predicted octanol–water partition coefficient (Wildman–Crippen LogP) is 3.23. The number of nitrogens with zero attached hydrogens (tertiary/aromatic N) is 1. The monoisotopic (exact) mass is 280 g/mol. The Morgan fingerprint density at radius 1 is 1.17 bits per heavy atom. The van der Waals surface area contributed by atoms with Crippen LogP contribution in [-0.2, 0) is 12.8 Å². The minimum absolute atomic E-state index is 0.0801. The second-order valence-corrected chi connectivity index (χ2v) is 5.10. The lowest BCUT2D eigenvalue weighted by molar-refractivity contribution is 0.899. The Morgan fingerprint density at radius 2 is 1.89 bits per heavy atom. The SMILES string of the molecule is O=c1[nH]c(-c2c(Cl)cccc2Cl)nc2c1CCC2. The van der Waals surface area contributed by atoms with Crippen molar-refractivity contribution in [1.29, 1.82) is 0 Å². The molecule has 1 aliphatic rings. The summed E-state index contributed by atoms with van der Waals surface area (Å²) in [4.78, 5) is 19.2. The molecule has 0 radical (unpaired) electrons. The molecule has 0 unspecified atom stereocenters. The van der Waals surface area contributed by atoms with E-state index in [0.717, 1.165) is 30.5 Å². The standard InChI is InChI=1S/C13H10Cl2N2O/c14-8-4-2-5-9(15)11(8)12-16-10-6-1-3-7(10)13(18)17-12/h2,4-5H,1,3,6H2,(H,16,17,18). The van der Waals surface area contributed by atoms with Gasteiger partial charge in [-0.3, -0.25) is 4.79 Å². The lowest BCUT2D eigenvalue weighted by Gasteiger charge is -2.07. The van der Waals surface area contributed by atoms with E-state index in [4.69, 9.17) is 23.2 Å². The molecular formula is C13H10Cl2N2O. The van der Waals surface area contributed by atoms with Crippen LogP contribution < -0.4 is 5.56 Å². The van der Waals surface area contributed by atoms with E-state index in [1.54, 1.807) is 18.2 Å². The summed E-state index contributed by atoms with van der Waals surface area (Å²) in [5, 5.41) is 0.979. The maximum atomic E-state index is 11.9. The van der Waals surface area contributed by atoms with Gasteiger partial charge in [-0.2, -0.15) is 0 Å². The van der Waals surface area contributed by atoms with Crippen molar-refractivity contribution < 1.29 is 0 Å². The summed E-state index contributed by atoms with van der Waals surface area (Å²) in [6.45, 7) is 0. The van der Waals surface area contributed by atoms with Gasteiger partial charge in [-0.15, -0.1) is 0 Å². The van der Waals surface area contributed by atoms with Crippen LogP contribution in [0, 0.1) is 0 Å². The van der Waals surface area contributed by atoms with Gasteiger partial charge in [-0.1, -0.05) is 29.3 Å². The number of halogens is 2. The maximum Gasteiger partial charge on any atom is 0.254 e. The van der Waals surface area contributed by atoms with Gasteiger partial charge in [0.15, 0.2) is 0 Å². The molecule has 5 heteroatoms. The van der Waals surface area contributed by atoms with Crippen molar-refractivity contribution >= 4 is 23.2 Å². The van der Waals surface area contributed by atoms with E-state index in [1.807, 2.05) is 0 Å². The number of fused-ring (bicyclic) bond motifs is 1. The molecule has 1 aliphatic carbocycles. The Labute approximate surface area is 114 Å². The van der Waals surface area contributed by atoms with Gasteiger partial charge in [0.05, 0.1) is 21.3 Å². The summed E-state index contributed by atoms with van der Waals surface area (Å²) >= 11 is 12.2. The Hall–Kier alpha value is -1.32. The van der Waals surface area contributed by atoms with Crippen molar-refractivity contribution in [2.45, 2.75) is 19.3 Å². The van der Waals surface area contributed by atoms with Gasteiger partial charge < -0.3 is 4.98 Å². The molecule has 0 spiro atoms. The van der Waals surface area contributed by atoms with Crippen molar-refractivity contribution in [2.24, 2.45) is 0 Å². The summed E-state index contributed by atoms with van der Waals surface area (Å²) in [6.07, 6.45) is 2.62. The molecule has 2 aromatic rings. The summed E-state index contributed by atoms with van der Waals surface area (Å²) in [5.74, 6) is 0.455. The second-order valence-electron chi connectivity index (χ2n) is 4.29. The fraction of sp³-hybridized carbons (Fsp3) is 0.231. The van der Waals surface area contributed by atoms with Crippen LogP contribution >= 0.6 is 23.2 Å². The first-order chi connectivity index (χ1) is 8.66. The van der Waals surface area contributed by atoms with Gasteiger partial charge in [0, 0.05) is 5.56 Å². The first-order valence-electron chi connectivity index (χ1n) is 5.73. The highest BCUT2D eigenvalue weighted by Crippen LogP contribution is 2.32. The van der Waals surface area contributed by atoms with Crippen LogP contribution in [0.5, 0.6) is 0 Å². The van der Waals surface area contributed by atoms with Crippen LogP contribution in [0.4, 0.5) is 0 Å². The minimum Gasteiger partial charge on any atom is -0.306 e. The van der Waals surface area contributed by atoms with E-state index in [1.165, 1.54) is 0 Å². The first kappa shape index (κ1) is 11.8. The Bertz CT molecular complexity index is 659. The number of aryl methyl sites for hydroxylation is 1. The van der Waals surface area contributed by atoms with Crippen LogP contribution in [0.15, 0.2) is 23.0 Å².